The van der Waals surface area contributed by atoms with Gasteiger partial charge in [-0.15, -0.1) is 0 Å². The number of thioether (sulfide) groups is 1. The zero-order valence-corrected chi connectivity index (χ0v) is 11.7. The molecule has 0 radical (unpaired) electrons. The van der Waals surface area contributed by atoms with Gasteiger partial charge in [0.05, 0.1) is 13.0 Å². The van der Waals surface area contributed by atoms with E-state index in [1.165, 1.54) is 0 Å². The van der Waals surface area contributed by atoms with Gasteiger partial charge in [-0.2, -0.15) is 8.78 Å². The van der Waals surface area contributed by atoms with Gasteiger partial charge in [0, 0.05) is 16.6 Å². The van der Waals surface area contributed by atoms with Crippen LogP contribution in [0.25, 0.3) is 0 Å². The number of esters is 1. The molecule has 3 nitrogen and oxygen atoms in total. The van der Waals surface area contributed by atoms with Gasteiger partial charge in [0.2, 0.25) is 0 Å². The highest BCUT2D eigenvalue weighted by Gasteiger charge is 2.13. The minimum Gasteiger partial charge on any atom is -0.466 e. The van der Waals surface area contributed by atoms with Crippen LogP contribution >= 0.6 is 11.8 Å². The van der Waals surface area contributed by atoms with Crippen LogP contribution in [-0.4, -0.2) is 24.4 Å². The van der Waals surface area contributed by atoms with Crippen LogP contribution in [-0.2, 0) is 9.53 Å². The molecular weight excluding hydrogens is 272 g/mol. The summed E-state index contributed by atoms with van der Waals surface area (Å²) in [6.07, 6.45) is 0.196. The van der Waals surface area contributed by atoms with Crippen LogP contribution in [0.2, 0.25) is 0 Å². The topological polar surface area (TPSA) is 38.3 Å². The molecule has 19 heavy (non-hydrogen) atoms. The lowest BCUT2D eigenvalue weighted by atomic mass is 10.2. The molecule has 0 aliphatic heterocycles. The van der Waals surface area contributed by atoms with Crippen molar-refractivity contribution in [3.63, 3.8) is 0 Å². The first-order chi connectivity index (χ1) is 9.02. The summed E-state index contributed by atoms with van der Waals surface area (Å²) in [5, 5.41) is 3.05. The van der Waals surface area contributed by atoms with E-state index in [0.717, 1.165) is 0 Å². The van der Waals surface area contributed by atoms with E-state index in [1.807, 2.05) is 0 Å². The molecule has 6 heteroatoms. The summed E-state index contributed by atoms with van der Waals surface area (Å²) >= 11 is 0.484. The number of carbonyl (C=O) groups excluding carboxylic acids is 1. The SMILES string of the molecule is CCOC(=O)CC(C)Nc1ccccc1SC(F)F. The Labute approximate surface area is 115 Å². The van der Waals surface area contributed by atoms with Crippen LogP contribution in [0.4, 0.5) is 14.5 Å². The number of alkyl halides is 2. The molecule has 1 aromatic rings. The van der Waals surface area contributed by atoms with Crippen molar-refractivity contribution in [1.29, 1.82) is 0 Å². The molecule has 0 fully saturated rings. The number of nitrogens with one attached hydrogen (secondary N) is 1. The molecule has 1 aromatic carbocycles. The van der Waals surface area contributed by atoms with Crippen molar-refractivity contribution in [2.45, 2.75) is 37.0 Å². The van der Waals surface area contributed by atoms with Crippen molar-refractivity contribution in [2.75, 3.05) is 11.9 Å². The highest BCUT2D eigenvalue weighted by atomic mass is 32.2. The highest BCUT2D eigenvalue weighted by molar-refractivity contribution is 7.99. The molecular formula is C13H17F2NO2S. The van der Waals surface area contributed by atoms with Gasteiger partial charge in [0.25, 0.3) is 5.76 Å². The standard InChI is InChI=1S/C13H17F2NO2S/c1-3-18-12(17)8-9(2)16-10-6-4-5-7-11(10)19-13(14)15/h4-7,9,13,16H,3,8H2,1-2H3. The molecule has 0 amide bonds. The van der Waals surface area contributed by atoms with E-state index in [1.54, 1.807) is 38.1 Å². The molecule has 1 unspecified atom stereocenters. The zero-order chi connectivity index (χ0) is 14.3. The molecule has 0 bridgehead atoms. The van der Waals surface area contributed by atoms with E-state index in [9.17, 15) is 13.6 Å². The van der Waals surface area contributed by atoms with Crippen LogP contribution in [0.3, 0.4) is 0 Å². The van der Waals surface area contributed by atoms with Gasteiger partial charge in [-0.1, -0.05) is 23.9 Å². The normalized spacial score (nSPS) is 12.3. The number of benzene rings is 1. The van der Waals surface area contributed by atoms with Crippen LogP contribution in [0.5, 0.6) is 0 Å². The van der Waals surface area contributed by atoms with Crippen molar-refractivity contribution in [1.82, 2.24) is 0 Å². The third-order valence-corrected chi connectivity index (χ3v) is 3.07. The van der Waals surface area contributed by atoms with E-state index >= 15 is 0 Å². The number of hydrogen-bond acceptors (Lipinski definition) is 4. The predicted molar refractivity (Wildman–Crippen MR) is 72.6 cm³/mol. The van der Waals surface area contributed by atoms with Crippen LogP contribution in [0, 0.1) is 0 Å². The Kier molecular flexibility index (Phi) is 6.62. The second kappa shape index (κ2) is 7.99. The van der Waals surface area contributed by atoms with E-state index in [2.05, 4.69) is 5.32 Å². The third kappa shape index (κ3) is 5.92. The van der Waals surface area contributed by atoms with Crippen molar-refractivity contribution < 1.29 is 18.3 Å². The quantitative estimate of drug-likeness (QED) is 0.613. The van der Waals surface area contributed by atoms with Gasteiger partial charge in [-0.05, 0) is 26.0 Å². The average molecular weight is 289 g/mol. The van der Waals surface area contributed by atoms with Crippen molar-refractivity contribution >= 4 is 23.4 Å². The van der Waals surface area contributed by atoms with Crippen molar-refractivity contribution in [3.8, 4) is 0 Å². The molecule has 1 N–H and O–H groups in total. The molecule has 106 valence electrons. The van der Waals surface area contributed by atoms with Crippen molar-refractivity contribution in [2.24, 2.45) is 0 Å². The smallest absolute Gasteiger partial charge is 0.307 e. The van der Waals surface area contributed by atoms with Gasteiger partial charge < -0.3 is 10.1 Å². The van der Waals surface area contributed by atoms with Crippen LogP contribution < -0.4 is 5.32 Å². The second-order valence-corrected chi connectivity index (χ2v) is 4.96. The molecule has 1 rings (SSSR count). The fourth-order valence-corrected chi connectivity index (χ4v) is 2.17. The fraction of sp³-hybridized carbons (Fsp3) is 0.462. The minimum absolute atomic E-state index is 0.182. The maximum Gasteiger partial charge on any atom is 0.307 e. The van der Waals surface area contributed by atoms with E-state index in [0.29, 0.717) is 29.0 Å². The summed E-state index contributed by atoms with van der Waals surface area (Å²) < 4.78 is 29.7. The monoisotopic (exact) mass is 289 g/mol. The average Bonchev–Trinajstić information content (AvgIpc) is 2.31. The Morgan fingerprint density at radius 1 is 1.42 bits per heavy atom. The van der Waals surface area contributed by atoms with Crippen LogP contribution in [0.15, 0.2) is 29.2 Å². The molecule has 0 saturated heterocycles. The number of hydrogen-bond donors (Lipinski definition) is 1. The lowest BCUT2D eigenvalue weighted by Crippen LogP contribution is -2.21. The summed E-state index contributed by atoms with van der Waals surface area (Å²) in [7, 11) is 0. The summed E-state index contributed by atoms with van der Waals surface area (Å²) in [6.45, 7) is 3.88. The maximum atomic E-state index is 12.4. The Bertz CT molecular complexity index is 415. The second-order valence-electron chi connectivity index (χ2n) is 3.93. The minimum atomic E-state index is -2.47. The van der Waals surface area contributed by atoms with Crippen molar-refractivity contribution in [3.05, 3.63) is 24.3 Å². The number of ether oxygens (including phenoxy) is 1. The molecule has 0 heterocycles. The summed E-state index contributed by atoms with van der Waals surface area (Å²) in [5.41, 5.74) is 0.601. The fourth-order valence-electron chi connectivity index (χ4n) is 1.57. The Balaban J connectivity index is 2.63. The zero-order valence-electron chi connectivity index (χ0n) is 10.9. The molecule has 0 aromatic heterocycles. The van der Waals surface area contributed by atoms with Gasteiger partial charge in [0.1, 0.15) is 0 Å². The Morgan fingerprint density at radius 2 is 2.11 bits per heavy atom. The van der Waals surface area contributed by atoms with Gasteiger partial charge >= 0.3 is 5.97 Å². The van der Waals surface area contributed by atoms with E-state index < -0.39 is 5.76 Å². The number of halogens is 2. The number of anilines is 1. The lowest BCUT2D eigenvalue weighted by molar-refractivity contribution is -0.143. The molecule has 0 aliphatic rings. The summed E-state index contributed by atoms with van der Waals surface area (Å²) in [4.78, 5) is 11.8. The van der Waals surface area contributed by atoms with E-state index in [4.69, 9.17) is 4.74 Å². The molecule has 0 aliphatic carbocycles. The third-order valence-electron chi connectivity index (χ3n) is 2.28. The number of carbonyl (C=O) groups is 1. The Hall–Kier alpha value is -1.30. The summed E-state index contributed by atoms with van der Waals surface area (Å²) in [6, 6.07) is 6.61. The largest absolute Gasteiger partial charge is 0.466 e. The number of rotatable bonds is 7. The molecule has 0 saturated carbocycles. The first-order valence-electron chi connectivity index (χ1n) is 5.99. The van der Waals surface area contributed by atoms with Gasteiger partial charge in [0.15, 0.2) is 0 Å². The van der Waals surface area contributed by atoms with E-state index in [-0.39, 0.29) is 18.4 Å². The molecule has 0 spiro atoms. The summed E-state index contributed by atoms with van der Waals surface area (Å²) in [5.74, 6) is -2.77. The first kappa shape index (κ1) is 15.8. The highest BCUT2D eigenvalue weighted by Crippen LogP contribution is 2.32. The maximum absolute atomic E-state index is 12.4. The van der Waals surface area contributed by atoms with Crippen LogP contribution in [0.1, 0.15) is 20.3 Å². The molecule has 1 atom stereocenters. The predicted octanol–water partition coefficient (Wildman–Crippen LogP) is 3.75. The van der Waals surface area contributed by atoms with Gasteiger partial charge in [-0.25, -0.2) is 0 Å². The first-order valence-corrected chi connectivity index (χ1v) is 6.87. The lowest BCUT2D eigenvalue weighted by Gasteiger charge is -2.17. The van der Waals surface area contributed by atoms with Gasteiger partial charge in [-0.3, -0.25) is 4.79 Å². The Morgan fingerprint density at radius 3 is 2.74 bits per heavy atom. The number of para-hydroxylation sites is 1.